The van der Waals surface area contributed by atoms with Crippen LogP contribution >= 0.6 is 22.9 Å². The van der Waals surface area contributed by atoms with Crippen LogP contribution in [-0.4, -0.2) is 15.9 Å². The van der Waals surface area contributed by atoms with Gasteiger partial charge in [-0.25, -0.2) is 4.98 Å². The number of hydrogen-bond acceptors (Lipinski definition) is 6. The standard InChI is InChI=1S/C24H17ClN2O4S/c1-13-6-7-15-14(10-30-19(15)8-13)9-21(28)31-11-20-26-23(29)22-17(12-32-24(22)27-20)16-4-2-3-5-18(16)25/h2-8,10,12H,9,11H2,1H3,(H,26,27,29). The molecule has 5 rings (SSSR count). The van der Waals surface area contributed by atoms with Gasteiger partial charge in [-0.1, -0.05) is 41.9 Å². The SMILES string of the molecule is Cc1ccc2c(CC(=O)OCc3nc4scc(-c5ccccc5Cl)c4c(=O)[nH]3)coc2c1. The van der Waals surface area contributed by atoms with Crippen molar-refractivity contribution in [1.82, 2.24) is 9.97 Å². The molecule has 8 heteroatoms. The van der Waals surface area contributed by atoms with Gasteiger partial charge in [0.2, 0.25) is 0 Å². The van der Waals surface area contributed by atoms with Crippen LogP contribution in [0.2, 0.25) is 5.02 Å². The predicted molar refractivity (Wildman–Crippen MR) is 125 cm³/mol. The summed E-state index contributed by atoms with van der Waals surface area (Å²) < 4.78 is 10.9. The molecule has 0 aliphatic rings. The number of halogens is 1. The van der Waals surface area contributed by atoms with E-state index in [0.717, 1.165) is 33.2 Å². The first kappa shape index (κ1) is 20.5. The first-order valence-electron chi connectivity index (χ1n) is 9.87. The Hall–Kier alpha value is -3.42. The largest absolute Gasteiger partial charge is 0.464 e. The number of ether oxygens (including phenoxy) is 1. The van der Waals surface area contributed by atoms with Crippen molar-refractivity contribution in [2.24, 2.45) is 0 Å². The van der Waals surface area contributed by atoms with Crippen molar-refractivity contribution < 1.29 is 13.9 Å². The minimum absolute atomic E-state index is 0.0677. The summed E-state index contributed by atoms with van der Waals surface area (Å²) in [4.78, 5) is 32.9. The molecule has 32 heavy (non-hydrogen) atoms. The van der Waals surface area contributed by atoms with Crippen molar-refractivity contribution in [3.8, 4) is 11.1 Å². The zero-order chi connectivity index (χ0) is 22.2. The number of aromatic amines is 1. The maximum Gasteiger partial charge on any atom is 0.310 e. The van der Waals surface area contributed by atoms with E-state index in [1.165, 1.54) is 11.3 Å². The van der Waals surface area contributed by atoms with Crippen molar-refractivity contribution >= 4 is 50.1 Å². The van der Waals surface area contributed by atoms with Gasteiger partial charge in [0.15, 0.2) is 0 Å². The molecular weight excluding hydrogens is 448 g/mol. The van der Waals surface area contributed by atoms with Crippen LogP contribution in [0.4, 0.5) is 0 Å². The van der Waals surface area contributed by atoms with Crippen LogP contribution in [0.25, 0.3) is 32.3 Å². The van der Waals surface area contributed by atoms with E-state index in [2.05, 4.69) is 9.97 Å². The molecule has 0 radical (unpaired) electrons. The number of esters is 1. The lowest BCUT2D eigenvalue weighted by atomic mass is 10.1. The molecule has 0 aliphatic heterocycles. The van der Waals surface area contributed by atoms with Crippen molar-refractivity contribution in [2.75, 3.05) is 0 Å². The molecule has 0 fully saturated rings. The van der Waals surface area contributed by atoms with Gasteiger partial charge in [-0.15, -0.1) is 11.3 Å². The minimum Gasteiger partial charge on any atom is -0.464 e. The minimum atomic E-state index is -0.432. The second kappa shape index (κ2) is 8.26. The molecule has 2 aromatic carbocycles. The van der Waals surface area contributed by atoms with Crippen molar-refractivity contribution in [3.05, 3.63) is 86.4 Å². The zero-order valence-corrected chi connectivity index (χ0v) is 18.5. The highest BCUT2D eigenvalue weighted by molar-refractivity contribution is 7.17. The van der Waals surface area contributed by atoms with Crippen LogP contribution in [-0.2, 0) is 22.6 Å². The Bertz CT molecular complexity index is 1530. The van der Waals surface area contributed by atoms with Crippen LogP contribution in [0.15, 0.2) is 63.3 Å². The highest BCUT2D eigenvalue weighted by atomic mass is 35.5. The van der Waals surface area contributed by atoms with E-state index in [9.17, 15) is 9.59 Å². The Labute approximate surface area is 191 Å². The summed E-state index contributed by atoms with van der Waals surface area (Å²) in [6, 6.07) is 13.2. The Morgan fingerprint density at radius 3 is 2.91 bits per heavy atom. The van der Waals surface area contributed by atoms with Gasteiger partial charge in [-0.2, -0.15) is 0 Å². The van der Waals surface area contributed by atoms with Gasteiger partial charge < -0.3 is 14.1 Å². The average molecular weight is 465 g/mol. The van der Waals surface area contributed by atoms with Gasteiger partial charge in [0.25, 0.3) is 5.56 Å². The van der Waals surface area contributed by atoms with Crippen molar-refractivity contribution in [1.29, 1.82) is 0 Å². The first-order valence-corrected chi connectivity index (χ1v) is 11.1. The number of nitrogens with one attached hydrogen (secondary N) is 1. The molecule has 1 N–H and O–H groups in total. The van der Waals surface area contributed by atoms with E-state index in [-0.39, 0.29) is 24.4 Å². The highest BCUT2D eigenvalue weighted by Gasteiger charge is 2.16. The Kier molecular flexibility index (Phi) is 5.28. The quantitative estimate of drug-likeness (QED) is 0.340. The molecule has 0 spiro atoms. The third-order valence-electron chi connectivity index (χ3n) is 5.17. The number of thiophene rings is 1. The number of H-pyrrole nitrogens is 1. The van der Waals surface area contributed by atoms with E-state index < -0.39 is 5.97 Å². The normalized spacial score (nSPS) is 11.3. The topological polar surface area (TPSA) is 85.2 Å². The van der Waals surface area contributed by atoms with E-state index in [1.54, 1.807) is 12.3 Å². The fraction of sp³-hybridized carbons (Fsp3) is 0.125. The van der Waals surface area contributed by atoms with Crippen molar-refractivity contribution in [3.63, 3.8) is 0 Å². The molecule has 0 amide bonds. The van der Waals surface area contributed by atoms with E-state index >= 15 is 0 Å². The summed E-state index contributed by atoms with van der Waals surface area (Å²) in [5, 5.41) is 3.77. The van der Waals surface area contributed by atoms with E-state index in [0.29, 0.717) is 15.2 Å². The van der Waals surface area contributed by atoms with Gasteiger partial charge >= 0.3 is 5.97 Å². The van der Waals surface area contributed by atoms with Crippen LogP contribution in [0.5, 0.6) is 0 Å². The number of fused-ring (bicyclic) bond motifs is 2. The molecule has 0 unspecified atom stereocenters. The smallest absolute Gasteiger partial charge is 0.310 e. The summed E-state index contributed by atoms with van der Waals surface area (Å²) in [6.45, 7) is 1.85. The number of carbonyl (C=O) groups is 1. The van der Waals surface area contributed by atoms with Crippen LogP contribution in [0, 0.1) is 6.92 Å². The summed E-state index contributed by atoms with van der Waals surface area (Å²) in [5.74, 6) is -0.143. The number of aromatic nitrogens is 2. The Morgan fingerprint density at radius 2 is 2.06 bits per heavy atom. The number of rotatable bonds is 5. The fourth-order valence-electron chi connectivity index (χ4n) is 3.62. The number of hydrogen-bond donors (Lipinski definition) is 1. The van der Waals surface area contributed by atoms with Gasteiger partial charge in [0, 0.05) is 32.5 Å². The lowest BCUT2D eigenvalue weighted by Gasteiger charge is -2.05. The first-order chi connectivity index (χ1) is 15.5. The van der Waals surface area contributed by atoms with Crippen LogP contribution in [0.1, 0.15) is 17.0 Å². The highest BCUT2D eigenvalue weighted by Crippen LogP contribution is 2.34. The fourth-order valence-corrected chi connectivity index (χ4v) is 4.82. The number of carbonyl (C=O) groups excluding carboxylic acids is 1. The molecule has 0 bridgehead atoms. The molecule has 0 atom stereocenters. The van der Waals surface area contributed by atoms with Crippen LogP contribution < -0.4 is 5.56 Å². The van der Waals surface area contributed by atoms with Gasteiger partial charge in [0.1, 0.15) is 22.8 Å². The van der Waals surface area contributed by atoms with Gasteiger partial charge in [-0.3, -0.25) is 9.59 Å². The molecule has 3 heterocycles. The van der Waals surface area contributed by atoms with Crippen molar-refractivity contribution in [2.45, 2.75) is 20.0 Å². The predicted octanol–water partition coefficient (Wildman–Crippen LogP) is 5.65. The number of benzene rings is 2. The summed E-state index contributed by atoms with van der Waals surface area (Å²) >= 11 is 7.64. The maximum absolute atomic E-state index is 12.8. The lowest BCUT2D eigenvalue weighted by Crippen LogP contribution is -2.15. The van der Waals surface area contributed by atoms with Gasteiger partial charge in [0.05, 0.1) is 18.1 Å². The third kappa shape index (κ3) is 3.81. The third-order valence-corrected chi connectivity index (χ3v) is 6.37. The second-order valence-electron chi connectivity index (χ2n) is 7.42. The molecule has 3 aromatic heterocycles. The molecule has 6 nitrogen and oxygen atoms in total. The van der Waals surface area contributed by atoms with E-state index in [4.69, 9.17) is 20.8 Å². The molecule has 0 saturated heterocycles. The second-order valence-corrected chi connectivity index (χ2v) is 8.69. The maximum atomic E-state index is 12.8. The summed E-state index contributed by atoms with van der Waals surface area (Å²) in [6.07, 6.45) is 1.64. The number of furan rings is 1. The molecule has 160 valence electrons. The van der Waals surface area contributed by atoms with Gasteiger partial charge in [-0.05, 0) is 24.6 Å². The van der Waals surface area contributed by atoms with Crippen LogP contribution in [0.3, 0.4) is 0 Å². The average Bonchev–Trinajstić information content (AvgIpc) is 3.37. The monoisotopic (exact) mass is 464 g/mol. The van der Waals surface area contributed by atoms with E-state index in [1.807, 2.05) is 48.7 Å². The summed E-state index contributed by atoms with van der Waals surface area (Å²) in [7, 11) is 0. The lowest BCUT2D eigenvalue weighted by molar-refractivity contribution is -0.144. The number of aryl methyl sites for hydroxylation is 1. The summed E-state index contributed by atoms with van der Waals surface area (Å²) in [5.41, 5.74) is 3.77. The molecular formula is C24H17ClN2O4S. The number of nitrogens with zero attached hydrogens (tertiary/aromatic N) is 1. The zero-order valence-electron chi connectivity index (χ0n) is 17.0. The Morgan fingerprint density at radius 1 is 1.22 bits per heavy atom. The molecule has 0 aliphatic carbocycles. The molecule has 5 aromatic rings. The Balaban J connectivity index is 1.34. The molecule has 0 saturated carbocycles.